The fourth-order valence-electron chi connectivity index (χ4n) is 1.17. The van der Waals surface area contributed by atoms with Gasteiger partial charge < -0.3 is 14.8 Å². The number of non-ortho nitro benzene ring substituents is 1. The van der Waals surface area contributed by atoms with E-state index >= 15 is 0 Å². The SMILES string of the molecule is COC(=O)C(=O)Nc1cc([N+](=O)[O-])ccc1OC. The van der Waals surface area contributed by atoms with Crippen LogP contribution >= 0.6 is 0 Å². The zero-order chi connectivity index (χ0) is 13.7. The Morgan fingerprint density at radius 3 is 2.50 bits per heavy atom. The molecule has 0 aliphatic rings. The van der Waals surface area contributed by atoms with Gasteiger partial charge in [0.2, 0.25) is 0 Å². The number of nitrogens with one attached hydrogen (secondary N) is 1. The van der Waals surface area contributed by atoms with Gasteiger partial charge in [0.05, 0.1) is 24.8 Å². The molecule has 0 saturated heterocycles. The number of methoxy groups -OCH3 is 2. The molecule has 1 aromatic carbocycles. The van der Waals surface area contributed by atoms with Crippen molar-refractivity contribution in [2.24, 2.45) is 0 Å². The highest BCUT2D eigenvalue weighted by molar-refractivity contribution is 6.37. The van der Waals surface area contributed by atoms with Gasteiger partial charge in [0.1, 0.15) is 5.75 Å². The molecule has 8 nitrogen and oxygen atoms in total. The lowest BCUT2D eigenvalue weighted by Crippen LogP contribution is -2.24. The van der Waals surface area contributed by atoms with Crippen LogP contribution in [0.3, 0.4) is 0 Å². The zero-order valence-electron chi connectivity index (χ0n) is 9.63. The average Bonchev–Trinajstić information content (AvgIpc) is 2.37. The van der Waals surface area contributed by atoms with Gasteiger partial charge in [-0.1, -0.05) is 0 Å². The second-order valence-corrected chi connectivity index (χ2v) is 3.09. The Morgan fingerprint density at radius 1 is 1.33 bits per heavy atom. The van der Waals surface area contributed by atoms with E-state index in [1.165, 1.54) is 19.2 Å². The Balaban J connectivity index is 3.05. The van der Waals surface area contributed by atoms with Crippen LogP contribution in [0.2, 0.25) is 0 Å². The van der Waals surface area contributed by atoms with Crippen molar-refractivity contribution in [2.75, 3.05) is 19.5 Å². The predicted molar refractivity (Wildman–Crippen MR) is 60.3 cm³/mol. The minimum atomic E-state index is -1.11. The van der Waals surface area contributed by atoms with Crippen LogP contribution in [0.1, 0.15) is 0 Å². The number of hydrogen-bond acceptors (Lipinski definition) is 6. The molecule has 1 rings (SSSR count). The maximum atomic E-state index is 11.3. The minimum Gasteiger partial charge on any atom is -0.495 e. The lowest BCUT2D eigenvalue weighted by atomic mass is 10.2. The largest absolute Gasteiger partial charge is 0.495 e. The third-order valence-electron chi connectivity index (χ3n) is 2.01. The molecule has 0 fully saturated rings. The summed E-state index contributed by atoms with van der Waals surface area (Å²) in [6, 6.07) is 3.61. The molecule has 0 heterocycles. The van der Waals surface area contributed by atoms with E-state index in [9.17, 15) is 19.7 Å². The van der Waals surface area contributed by atoms with E-state index in [0.717, 1.165) is 13.2 Å². The Bertz CT molecular complexity index is 499. The molecule has 0 aliphatic carbocycles. The minimum absolute atomic E-state index is 0.0158. The lowest BCUT2D eigenvalue weighted by Gasteiger charge is -2.08. The number of nitro benzene ring substituents is 1. The maximum Gasteiger partial charge on any atom is 0.396 e. The maximum absolute atomic E-state index is 11.3. The van der Waals surface area contributed by atoms with Gasteiger partial charge in [-0.25, -0.2) is 4.79 Å². The molecule has 0 spiro atoms. The van der Waals surface area contributed by atoms with E-state index in [0.29, 0.717) is 0 Å². The van der Waals surface area contributed by atoms with E-state index < -0.39 is 16.8 Å². The van der Waals surface area contributed by atoms with E-state index in [1.54, 1.807) is 0 Å². The summed E-state index contributed by atoms with van der Waals surface area (Å²) >= 11 is 0. The number of carbonyl (C=O) groups is 2. The quantitative estimate of drug-likeness (QED) is 0.368. The average molecular weight is 254 g/mol. The van der Waals surface area contributed by atoms with Crippen LogP contribution in [0.5, 0.6) is 5.75 Å². The van der Waals surface area contributed by atoms with E-state index in [4.69, 9.17) is 4.74 Å². The molecule has 0 atom stereocenters. The molecule has 0 aliphatic heterocycles. The van der Waals surface area contributed by atoms with E-state index in [2.05, 4.69) is 10.1 Å². The second kappa shape index (κ2) is 5.62. The highest BCUT2D eigenvalue weighted by Crippen LogP contribution is 2.28. The van der Waals surface area contributed by atoms with Crippen molar-refractivity contribution in [1.82, 2.24) is 0 Å². The fraction of sp³-hybridized carbons (Fsp3) is 0.200. The fourth-order valence-corrected chi connectivity index (χ4v) is 1.17. The summed E-state index contributed by atoms with van der Waals surface area (Å²) in [5, 5.41) is 12.8. The Labute approximate surface area is 102 Å². The van der Waals surface area contributed by atoms with Crippen LogP contribution < -0.4 is 10.1 Å². The number of benzene rings is 1. The molecule has 0 aromatic heterocycles. The Kier molecular flexibility index (Phi) is 4.19. The normalized spacial score (nSPS) is 9.44. The highest BCUT2D eigenvalue weighted by Gasteiger charge is 2.18. The van der Waals surface area contributed by atoms with Crippen molar-refractivity contribution < 1.29 is 24.0 Å². The van der Waals surface area contributed by atoms with E-state index in [1.807, 2.05) is 0 Å². The van der Waals surface area contributed by atoms with Gasteiger partial charge in [0.15, 0.2) is 0 Å². The standard InChI is InChI=1S/C10H10N2O6/c1-17-8-4-3-6(12(15)16)5-7(8)11-9(13)10(14)18-2/h3-5H,1-2H3,(H,11,13). The third-order valence-corrected chi connectivity index (χ3v) is 2.01. The summed E-state index contributed by atoms with van der Waals surface area (Å²) in [6.07, 6.45) is 0. The second-order valence-electron chi connectivity index (χ2n) is 3.09. The number of amides is 1. The van der Waals surface area contributed by atoms with Crippen LogP contribution in [0.25, 0.3) is 0 Å². The van der Waals surface area contributed by atoms with Crippen LogP contribution in [0.15, 0.2) is 18.2 Å². The number of hydrogen-bond donors (Lipinski definition) is 1. The first-order valence-corrected chi connectivity index (χ1v) is 4.71. The number of nitro groups is 1. The van der Waals surface area contributed by atoms with Crippen LogP contribution in [-0.2, 0) is 14.3 Å². The third kappa shape index (κ3) is 2.94. The first-order chi connectivity index (χ1) is 8.49. The molecule has 1 aromatic rings. The topological polar surface area (TPSA) is 108 Å². The first kappa shape index (κ1) is 13.4. The van der Waals surface area contributed by atoms with Gasteiger partial charge >= 0.3 is 11.9 Å². The number of carbonyl (C=O) groups excluding carboxylic acids is 2. The molecular weight excluding hydrogens is 244 g/mol. The van der Waals surface area contributed by atoms with Gasteiger partial charge in [-0.05, 0) is 6.07 Å². The summed E-state index contributed by atoms with van der Waals surface area (Å²) in [7, 11) is 2.38. The van der Waals surface area contributed by atoms with Crippen molar-refractivity contribution in [1.29, 1.82) is 0 Å². The number of esters is 1. The van der Waals surface area contributed by atoms with Gasteiger partial charge in [0, 0.05) is 12.1 Å². The molecule has 0 bridgehead atoms. The smallest absolute Gasteiger partial charge is 0.396 e. The Hall–Kier alpha value is -2.64. The molecule has 8 heteroatoms. The first-order valence-electron chi connectivity index (χ1n) is 4.71. The molecule has 0 unspecified atom stereocenters. The van der Waals surface area contributed by atoms with Crippen molar-refractivity contribution >= 4 is 23.3 Å². The summed E-state index contributed by atoms with van der Waals surface area (Å²) in [5.74, 6) is -1.96. The van der Waals surface area contributed by atoms with Gasteiger partial charge in [-0.2, -0.15) is 0 Å². The number of rotatable bonds is 3. The zero-order valence-corrected chi connectivity index (χ0v) is 9.63. The molecule has 18 heavy (non-hydrogen) atoms. The number of nitrogens with zero attached hydrogens (tertiary/aromatic N) is 1. The molecule has 1 amide bonds. The van der Waals surface area contributed by atoms with Gasteiger partial charge in [-0.15, -0.1) is 0 Å². The highest BCUT2D eigenvalue weighted by atomic mass is 16.6. The summed E-state index contributed by atoms with van der Waals surface area (Å²) in [4.78, 5) is 32.2. The van der Waals surface area contributed by atoms with Crippen molar-refractivity contribution in [3.05, 3.63) is 28.3 Å². The lowest BCUT2D eigenvalue weighted by molar-refractivity contribution is -0.384. The van der Waals surface area contributed by atoms with Crippen molar-refractivity contribution in [2.45, 2.75) is 0 Å². The summed E-state index contributed by atoms with van der Waals surface area (Å²) in [5.41, 5.74) is -0.224. The summed E-state index contributed by atoms with van der Waals surface area (Å²) < 4.78 is 9.11. The Morgan fingerprint density at radius 2 is 2.00 bits per heavy atom. The van der Waals surface area contributed by atoms with Gasteiger partial charge in [0.25, 0.3) is 5.69 Å². The molecule has 96 valence electrons. The summed E-state index contributed by atoms with van der Waals surface area (Å²) in [6.45, 7) is 0. The molecule has 0 saturated carbocycles. The number of ether oxygens (including phenoxy) is 2. The predicted octanol–water partition coefficient (Wildman–Crippen LogP) is 0.715. The monoisotopic (exact) mass is 254 g/mol. The van der Waals surface area contributed by atoms with Crippen LogP contribution in [-0.4, -0.2) is 31.0 Å². The van der Waals surface area contributed by atoms with Crippen LogP contribution in [0, 0.1) is 10.1 Å². The molecule has 0 radical (unpaired) electrons. The number of anilines is 1. The van der Waals surface area contributed by atoms with Crippen molar-refractivity contribution in [3.63, 3.8) is 0 Å². The molecule has 1 N–H and O–H groups in total. The van der Waals surface area contributed by atoms with Gasteiger partial charge in [-0.3, -0.25) is 14.9 Å². The molecular formula is C10H10N2O6. The van der Waals surface area contributed by atoms with Crippen molar-refractivity contribution in [3.8, 4) is 5.75 Å². The van der Waals surface area contributed by atoms with Crippen LogP contribution in [0.4, 0.5) is 11.4 Å². The van der Waals surface area contributed by atoms with E-state index in [-0.39, 0.29) is 17.1 Å².